The fourth-order valence-electron chi connectivity index (χ4n) is 5.48. The molecular formula is C21H32O4. The molecule has 0 amide bonds. The molecule has 5 atom stereocenters. The Morgan fingerprint density at radius 3 is 2.68 bits per heavy atom. The number of ether oxygens (including phenoxy) is 1. The largest absolute Gasteiger partial charge is 0.466 e. The van der Waals surface area contributed by atoms with E-state index in [1.165, 1.54) is 12.7 Å². The quantitative estimate of drug-likeness (QED) is 0.355. The van der Waals surface area contributed by atoms with Crippen molar-refractivity contribution < 1.29 is 19.4 Å². The van der Waals surface area contributed by atoms with Crippen LogP contribution in [0, 0.1) is 22.7 Å². The summed E-state index contributed by atoms with van der Waals surface area (Å²) in [5.74, 6) is -0.0644. The molecule has 2 aliphatic carbocycles. The Balaban J connectivity index is 2.28. The zero-order chi connectivity index (χ0) is 18.8. The summed E-state index contributed by atoms with van der Waals surface area (Å²) in [5.41, 5.74) is 1.63. The maximum absolute atomic E-state index is 11.8. The number of carbonyl (C=O) groups excluding carboxylic acids is 2. The Hall–Kier alpha value is -1.42. The third-order valence-electron chi connectivity index (χ3n) is 6.63. The second kappa shape index (κ2) is 7.45. The topological polar surface area (TPSA) is 63.6 Å². The van der Waals surface area contributed by atoms with Crippen molar-refractivity contribution in [3.63, 3.8) is 0 Å². The number of aldehydes is 1. The van der Waals surface area contributed by atoms with Gasteiger partial charge in [-0.1, -0.05) is 37.5 Å². The summed E-state index contributed by atoms with van der Waals surface area (Å²) in [5, 5.41) is 10.7. The van der Waals surface area contributed by atoms with Crippen molar-refractivity contribution >= 4 is 12.3 Å². The molecule has 0 aromatic carbocycles. The average Bonchev–Trinajstić information content (AvgIpc) is 2.53. The molecule has 25 heavy (non-hydrogen) atoms. The number of allylic oxidation sites excluding steroid dienone is 2. The number of rotatable bonds is 5. The molecule has 4 nitrogen and oxygen atoms in total. The molecule has 0 aromatic rings. The molecular weight excluding hydrogens is 316 g/mol. The number of esters is 1. The SMILES string of the molecule is COC(=O)C=C(C)CCC1C(C)=CC(O)C2C(C)(C=O)CCCC12C. The first-order valence-corrected chi connectivity index (χ1v) is 9.26. The average molecular weight is 348 g/mol. The molecule has 0 radical (unpaired) electrons. The van der Waals surface area contributed by atoms with Gasteiger partial charge in [-0.3, -0.25) is 0 Å². The minimum atomic E-state index is -0.566. The first-order chi connectivity index (χ1) is 11.7. The van der Waals surface area contributed by atoms with Crippen LogP contribution in [0.5, 0.6) is 0 Å². The van der Waals surface area contributed by atoms with Gasteiger partial charge in [-0.15, -0.1) is 0 Å². The maximum atomic E-state index is 11.8. The van der Waals surface area contributed by atoms with Gasteiger partial charge < -0.3 is 14.6 Å². The van der Waals surface area contributed by atoms with E-state index in [4.69, 9.17) is 4.74 Å². The highest BCUT2D eigenvalue weighted by atomic mass is 16.5. The van der Waals surface area contributed by atoms with Crippen LogP contribution in [0.25, 0.3) is 0 Å². The summed E-state index contributed by atoms with van der Waals surface area (Å²) in [7, 11) is 1.38. The smallest absolute Gasteiger partial charge is 0.330 e. The molecule has 1 fully saturated rings. The number of aliphatic hydroxyl groups is 1. The van der Waals surface area contributed by atoms with Crippen LogP contribution < -0.4 is 0 Å². The summed E-state index contributed by atoms with van der Waals surface area (Å²) >= 11 is 0. The van der Waals surface area contributed by atoms with Crippen LogP contribution in [0.2, 0.25) is 0 Å². The van der Waals surface area contributed by atoms with Crippen molar-refractivity contribution in [1.29, 1.82) is 0 Å². The highest BCUT2D eigenvalue weighted by molar-refractivity contribution is 5.82. The Morgan fingerprint density at radius 2 is 2.08 bits per heavy atom. The van der Waals surface area contributed by atoms with Crippen LogP contribution in [0.1, 0.15) is 59.8 Å². The molecule has 0 bridgehead atoms. The zero-order valence-electron chi connectivity index (χ0n) is 16.2. The molecule has 2 aliphatic rings. The van der Waals surface area contributed by atoms with Gasteiger partial charge in [-0.05, 0) is 50.9 Å². The van der Waals surface area contributed by atoms with Crippen LogP contribution in [0.4, 0.5) is 0 Å². The predicted molar refractivity (Wildman–Crippen MR) is 97.9 cm³/mol. The van der Waals surface area contributed by atoms with Crippen LogP contribution in [0.3, 0.4) is 0 Å². The van der Waals surface area contributed by atoms with Crippen molar-refractivity contribution in [2.24, 2.45) is 22.7 Å². The molecule has 0 spiro atoms. The first-order valence-electron chi connectivity index (χ1n) is 9.26. The van der Waals surface area contributed by atoms with Crippen molar-refractivity contribution in [3.05, 3.63) is 23.3 Å². The lowest BCUT2D eigenvalue weighted by Gasteiger charge is -2.57. The molecule has 0 aromatic heterocycles. The van der Waals surface area contributed by atoms with Gasteiger partial charge in [0.1, 0.15) is 6.29 Å². The summed E-state index contributed by atoms with van der Waals surface area (Å²) in [4.78, 5) is 23.3. The Morgan fingerprint density at radius 1 is 1.40 bits per heavy atom. The van der Waals surface area contributed by atoms with Gasteiger partial charge in [0.25, 0.3) is 0 Å². The Kier molecular flexibility index (Phi) is 5.93. The molecule has 0 heterocycles. The summed E-state index contributed by atoms with van der Waals surface area (Å²) in [6, 6.07) is 0. The van der Waals surface area contributed by atoms with Gasteiger partial charge >= 0.3 is 5.97 Å². The van der Waals surface area contributed by atoms with Gasteiger partial charge in [0.15, 0.2) is 0 Å². The van der Waals surface area contributed by atoms with Crippen molar-refractivity contribution in [3.8, 4) is 0 Å². The number of methoxy groups -OCH3 is 1. The maximum Gasteiger partial charge on any atom is 0.330 e. The molecule has 0 aliphatic heterocycles. The summed E-state index contributed by atoms with van der Waals surface area (Å²) in [6.45, 7) is 8.27. The highest BCUT2D eigenvalue weighted by Crippen LogP contribution is 2.60. The third kappa shape index (κ3) is 3.74. The van der Waals surface area contributed by atoms with E-state index < -0.39 is 11.5 Å². The van der Waals surface area contributed by atoms with E-state index in [0.29, 0.717) is 5.92 Å². The molecule has 4 heteroatoms. The van der Waals surface area contributed by atoms with Gasteiger partial charge in [0.05, 0.1) is 13.2 Å². The number of hydrogen-bond acceptors (Lipinski definition) is 4. The van der Waals surface area contributed by atoms with E-state index in [2.05, 4.69) is 13.8 Å². The highest BCUT2D eigenvalue weighted by Gasteiger charge is 2.56. The number of fused-ring (bicyclic) bond motifs is 1. The molecule has 140 valence electrons. The molecule has 1 N–H and O–H groups in total. The standard InChI is InChI=1S/C21H32O4/c1-14(11-18(24)25-5)7-8-16-15(2)12-17(23)19-20(3,13-22)9-6-10-21(16,19)4/h11-13,16-17,19,23H,6-10H2,1-5H3. The second-order valence-electron chi connectivity index (χ2n) is 8.47. The van der Waals surface area contributed by atoms with Crippen LogP contribution in [-0.2, 0) is 14.3 Å². The van der Waals surface area contributed by atoms with E-state index >= 15 is 0 Å². The summed E-state index contributed by atoms with van der Waals surface area (Å²) < 4.78 is 4.70. The van der Waals surface area contributed by atoms with E-state index in [1.807, 2.05) is 19.9 Å². The van der Waals surface area contributed by atoms with Crippen LogP contribution >= 0.6 is 0 Å². The lowest BCUT2D eigenvalue weighted by atomic mass is 9.47. The van der Waals surface area contributed by atoms with Crippen LogP contribution in [-0.4, -0.2) is 30.6 Å². The molecule has 0 saturated heterocycles. The minimum absolute atomic E-state index is 0.0511. The van der Waals surface area contributed by atoms with Gasteiger partial charge in [-0.2, -0.15) is 0 Å². The van der Waals surface area contributed by atoms with Crippen LogP contribution in [0.15, 0.2) is 23.3 Å². The third-order valence-corrected chi connectivity index (χ3v) is 6.63. The van der Waals surface area contributed by atoms with Crippen molar-refractivity contribution in [1.82, 2.24) is 0 Å². The van der Waals surface area contributed by atoms with Gasteiger partial charge in [0, 0.05) is 17.4 Å². The van der Waals surface area contributed by atoms with Gasteiger partial charge in [0.2, 0.25) is 0 Å². The number of carbonyl (C=O) groups is 2. The minimum Gasteiger partial charge on any atom is -0.466 e. The summed E-state index contributed by atoms with van der Waals surface area (Å²) in [6.07, 6.45) is 8.58. The lowest BCUT2D eigenvalue weighted by molar-refractivity contribution is -0.139. The van der Waals surface area contributed by atoms with E-state index in [0.717, 1.165) is 44.0 Å². The Labute approximate surface area is 151 Å². The van der Waals surface area contributed by atoms with E-state index in [9.17, 15) is 14.7 Å². The monoisotopic (exact) mass is 348 g/mol. The fraction of sp³-hybridized carbons (Fsp3) is 0.714. The number of aliphatic hydroxyl groups excluding tert-OH is 1. The predicted octanol–water partition coefficient (Wildman–Crippen LogP) is 3.83. The molecule has 2 rings (SSSR count). The molecule has 5 unspecified atom stereocenters. The fourth-order valence-corrected chi connectivity index (χ4v) is 5.48. The van der Waals surface area contributed by atoms with Crippen molar-refractivity contribution in [2.75, 3.05) is 7.11 Å². The zero-order valence-corrected chi connectivity index (χ0v) is 16.2. The first kappa shape index (κ1) is 19.9. The van der Waals surface area contributed by atoms with E-state index in [-0.39, 0.29) is 17.3 Å². The Bertz CT molecular complexity index is 591. The molecule has 1 saturated carbocycles. The van der Waals surface area contributed by atoms with E-state index in [1.54, 1.807) is 6.08 Å². The van der Waals surface area contributed by atoms with Gasteiger partial charge in [-0.25, -0.2) is 4.79 Å². The number of hydrogen-bond donors (Lipinski definition) is 1. The normalized spacial score (nSPS) is 38.6. The second-order valence-corrected chi connectivity index (χ2v) is 8.47. The lowest BCUT2D eigenvalue weighted by Crippen LogP contribution is -2.55. The van der Waals surface area contributed by atoms with Crippen molar-refractivity contribution in [2.45, 2.75) is 65.9 Å².